The predicted octanol–water partition coefficient (Wildman–Crippen LogP) is 1.79. The minimum Gasteiger partial charge on any atom is -0.481 e. The topological polar surface area (TPSA) is 62.2 Å². The molecule has 0 amide bonds. The third-order valence-corrected chi connectivity index (χ3v) is 2.60. The summed E-state index contributed by atoms with van der Waals surface area (Å²) >= 11 is 4.64. The molecule has 2 N–H and O–H groups in total. The number of hydrogen-bond acceptors (Lipinski definition) is 4. The Hall–Kier alpha value is -0.620. The standard InChI is InChI=1S/C6H7BrN2O2S/c7-4-3-12-6(9-4)8-2-1-5(10)11/h3H,1-2H2,(H,8,9)(H,10,11). The highest BCUT2D eigenvalue weighted by Gasteiger charge is 1.99. The van der Waals surface area contributed by atoms with E-state index in [1.807, 2.05) is 5.38 Å². The van der Waals surface area contributed by atoms with Gasteiger partial charge in [-0.2, -0.15) is 0 Å². The van der Waals surface area contributed by atoms with Crippen LogP contribution < -0.4 is 5.32 Å². The van der Waals surface area contributed by atoms with Gasteiger partial charge in [-0.3, -0.25) is 4.79 Å². The van der Waals surface area contributed by atoms with Gasteiger partial charge in [0.05, 0.1) is 6.42 Å². The largest absolute Gasteiger partial charge is 0.481 e. The predicted molar refractivity (Wildman–Crippen MR) is 50.6 cm³/mol. The van der Waals surface area contributed by atoms with E-state index in [0.29, 0.717) is 6.54 Å². The quantitative estimate of drug-likeness (QED) is 0.856. The van der Waals surface area contributed by atoms with Crippen LogP contribution in [0.3, 0.4) is 0 Å². The summed E-state index contributed by atoms with van der Waals surface area (Å²) in [7, 11) is 0. The highest BCUT2D eigenvalue weighted by atomic mass is 79.9. The van der Waals surface area contributed by atoms with Crippen LogP contribution in [0.15, 0.2) is 9.98 Å². The number of carboxylic acids is 1. The maximum Gasteiger partial charge on any atom is 0.305 e. The van der Waals surface area contributed by atoms with Crippen molar-refractivity contribution in [1.82, 2.24) is 4.98 Å². The summed E-state index contributed by atoms with van der Waals surface area (Å²) in [6, 6.07) is 0. The van der Waals surface area contributed by atoms with Crippen LogP contribution in [-0.4, -0.2) is 22.6 Å². The first-order valence-corrected chi connectivity index (χ1v) is 4.92. The normalized spacial score (nSPS) is 9.75. The molecule has 0 bridgehead atoms. The highest BCUT2D eigenvalue weighted by Crippen LogP contribution is 2.18. The van der Waals surface area contributed by atoms with E-state index in [1.54, 1.807) is 0 Å². The Bertz CT molecular complexity index is 276. The van der Waals surface area contributed by atoms with Crippen LogP contribution in [0.2, 0.25) is 0 Å². The minimum atomic E-state index is -0.807. The van der Waals surface area contributed by atoms with Crippen molar-refractivity contribution in [2.45, 2.75) is 6.42 Å². The first kappa shape index (κ1) is 9.47. The molecule has 6 heteroatoms. The molecule has 0 fully saturated rings. The van der Waals surface area contributed by atoms with Gasteiger partial charge in [0.2, 0.25) is 0 Å². The maximum atomic E-state index is 10.1. The average molecular weight is 251 g/mol. The average Bonchev–Trinajstić information content (AvgIpc) is 2.35. The van der Waals surface area contributed by atoms with Crippen LogP contribution in [-0.2, 0) is 4.79 Å². The Morgan fingerprint density at radius 3 is 3.08 bits per heavy atom. The van der Waals surface area contributed by atoms with Crippen molar-refractivity contribution in [3.63, 3.8) is 0 Å². The summed E-state index contributed by atoms with van der Waals surface area (Å²) < 4.78 is 0.769. The number of aliphatic carboxylic acids is 1. The fourth-order valence-electron chi connectivity index (χ4n) is 0.612. The molecule has 0 saturated carbocycles. The fourth-order valence-corrected chi connectivity index (χ4v) is 1.78. The molecule has 1 heterocycles. The Morgan fingerprint density at radius 1 is 1.83 bits per heavy atom. The molecule has 0 radical (unpaired) electrons. The lowest BCUT2D eigenvalue weighted by molar-refractivity contribution is -0.136. The molecule has 0 aromatic carbocycles. The van der Waals surface area contributed by atoms with Crippen molar-refractivity contribution in [1.29, 1.82) is 0 Å². The van der Waals surface area contributed by atoms with Gasteiger partial charge in [0.25, 0.3) is 0 Å². The molecule has 0 spiro atoms. The Balaban J connectivity index is 2.29. The van der Waals surface area contributed by atoms with E-state index in [9.17, 15) is 4.79 Å². The Kier molecular flexibility index (Phi) is 3.48. The molecule has 1 rings (SSSR count). The second-order valence-electron chi connectivity index (χ2n) is 2.05. The van der Waals surface area contributed by atoms with E-state index in [0.717, 1.165) is 9.73 Å². The van der Waals surface area contributed by atoms with Gasteiger partial charge in [-0.25, -0.2) is 4.98 Å². The second-order valence-corrected chi connectivity index (χ2v) is 3.72. The number of halogens is 1. The van der Waals surface area contributed by atoms with E-state index in [-0.39, 0.29) is 6.42 Å². The van der Waals surface area contributed by atoms with Gasteiger partial charge in [-0.15, -0.1) is 11.3 Å². The molecule has 4 nitrogen and oxygen atoms in total. The summed E-state index contributed by atoms with van der Waals surface area (Å²) in [6.45, 7) is 0.412. The van der Waals surface area contributed by atoms with Crippen molar-refractivity contribution >= 4 is 38.4 Å². The minimum absolute atomic E-state index is 0.108. The summed E-state index contributed by atoms with van der Waals surface area (Å²) in [4.78, 5) is 14.2. The van der Waals surface area contributed by atoms with Crippen molar-refractivity contribution in [3.05, 3.63) is 9.98 Å². The van der Waals surface area contributed by atoms with Gasteiger partial charge >= 0.3 is 5.97 Å². The molecule has 66 valence electrons. The van der Waals surface area contributed by atoms with Crippen molar-refractivity contribution < 1.29 is 9.90 Å². The number of carbonyl (C=O) groups is 1. The van der Waals surface area contributed by atoms with E-state index in [4.69, 9.17) is 5.11 Å². The number of carboxylic acid groups (broad SMARTS) is 1. The molecular weight excluding hydrogens is 244 g/mol. The maximum absolute atomic E-state index is 10.1. The monoisotopic (exact) mass is 250 g/mol. The summed E-state index contributed by atoms with van der Waals surface area (Å²) in [5.41, 5.74) is 0. The zero-order valence-corrected chi connectivity index (χ0v) is 8.48. The Labute approximate surface area is 81.8 Å². The van der Waals surface area contributed by atoms with Gasteiger partial charge in [-0.1, -0.05) is 0 Å². The van der Waals surface area contributed by atoms with Crippen LogP contribution in [0, 0.1) is 0 Å². The van der Waals surface area contributed by atoms with Gasteiger partial charge in [0.1, 0.15) is 4.60 Å². The first-order valence-electron chi connectivity index (χ1n) is 3.25. The van der Waals surface area contributed by atoms with Gasteiger partial charge in [0, 0.05) is 11.9 Å². The molecule has 1 aromatic rings. The molecule has 0 aliphatic rings. The molecule has 12 heavy (non-hydrogen) atoms. The second kappa shape index (κ2) is 4.42. The van der Waals surface area contributed by atoms with E-state index >= 15 is 0 Å². The van der Waals surface area contributed by atoms with Crippen molar-refractivity contribution in [2.24, 2.45) is 0 Å². The third-order valence-electron chi connectivity index (χ3n) is 1.09. The van der Waals surface area contributed by atoms with E-state index in [1.165, 1.54) is 11.3 Å². The lowest BCUT2D eigenvalue weighted by atomic mass is 10.4. The summed E-state index contributed by atoms with van der Waals surface area (Å²) in [5.74, 6) is -0.807. The lowest BCUT2D eigenvalue weighted by Gasteiger charge is -1.97. The van der Waals surface area contributed by atoms with Crippen LogP contribution in [0.5, 0.6) is 0 Å². The molecule has 0 saturated heterocycles. The lowest BCUT2D eigenvalue weighted by Crippen LogP contribution is -2.06. The number of anilines is 1. The number of thiazole rings is 1. The number of hydrogen-bond donors (Lipinski definition) is 2. The van der Waals surface area contributed by atoms with Crippen LogP contribution in [0.25, 0.3) is 0 Å². The molecule has 0 atom stereocenters. The number of aromatic nitrogens is 1. The summed E-state index contributed by atoms with van der Waals surface area (Å²) in [5, 5.41) is 13.8. The smallest absolute Gasteiger partial charge is 0.305 e. The zero-order chi connectivity index (χ0) is 8.97. The molecule has 0 aliphatic carbocycles. The molecule has 0 aliphatic heterocycles. The molecule has 0 unspecified atom stereocenters. The van der Waals surface area contributed by atoms with Gasteiger partial charge in [0.15, 0.2) is 5.13 Å². The van der Waals surface area contributed by atoms with Crippen LogP contribution in [0.1, 0.15) is 6.42 Å². The number of rotatable bonds is 4. The fraction of sp³-hybridized carbons (Fsp3) is 0.333. The van der Waals surface area contributed by atoms with E-state index in [2.05, 4.69) is 26.2 Å². The van der Waals surface area contributed by atoms with Crippen molar-refractivity contribution in [2.75, 3.05) is 11.9 Å². The SMILES string of the molecule is O=C(O)CCNc1nc(Br)cs1. The van der Waals surface area contributed by atoms with Crippen LogP contribution >= 0.6 is 27.3 Å². The summed E-state index contributed by atoms with van der Waals surface area (Å²) in [6.07, 6.45) is 0.108. The third kappa shape index (κ3) is 3.19. The first-order chi connectivity index (χ1) is 5.68. The van der Waals surface area contributed by atoms with E-state index < -0.39 is 5.97 Å². The van der Waals surface area contributed by atoms with Gasteiger partial charge in [-0.05, 0) is 15.9 Å². The zero-order valence-electron chi connectivity index (χ0n) is 6.08. The van der Waals surface area contributed by atoms with Crippen LogP contribution in [0.4, 0.5) is 5.13 Å². The Morgan fingerprint density at radius 2 is 2.58 bits per heavy atom. The van der Waals surface area contributed by atoms with Gasteiger partial charge < -0.3 is 10.4 Å². The molecular formula is C6H7BrN2O2S. The highest BCUT2D eigenvalue weighted by molar-refractivity contribution is 9.10. The van der Waals surface area contributed by atoms with Crippen molar-refractivity contribution in [3.8, 4) is 0 Å². The number of nitrogens with zero attached hydrogens (tertiary/aromatic N) is 1. The molecule has 1 aromatic heterocycles. The number of nitrogens with one attached hydrogen (secondary N) is 1.